The Labute approximate surface area is 513 Å². The van der Waals surface area contributed by atoms with Crippen LogP contribution in [0.4, 0.5) is 0 Å². The molecule has 6 heteroatoms. The molecule has 0 aliphatic heterocycles. The minimum Gasteiger partial charge on any atom is -0.462 e. The van der Waals surface area contributed by atoms with Crippen LogP contribution in [0.1, 0.15) is 329 Å². The second-order valence-corrected chi connectivity index (χ2v) is 23.0. The van der Waals surface area contributed by atoms with Crippen molar-refractivity contribution in [1.82, 2.24) is 0 Å². The van der Waals surface area contributed by atoms with E-state index in [1.165, 1.54) is 148 Å². The molecule has 0 radical (unpaired) electrons. The summed E-state index contributed by atoms with van der Waals surface area (Å²) in [5.41, 5.74) is 0. The Bertz CT molecular complexity index is 1700. The van der Waals surface area contributed by atoms with Gasteiger partial charge in [-0.05, 0) is 122 Å². The van der Waals surface area contributed by atoms with Crippen LogP contribution in [0, 0.1) is 0 Å². The van der Waals surface area contributed by atoms with E-state index in [1.54, 1.807) is 0 Å². The first-order valence-corrected chi connectivity index (χ1v) is 35.0. The number of allylic oxidation sites excluding steroid dienone is 20. The summed E-state index contributed by atoms with van der Waals surface area (Å²) >= 11 is 0. The van der Waals surface area contributed by atoms with Crippen molar-refractivity contribution in [3.8, 4) is 0 Å². The predicted molar refractivity (Wildman–Crippen MR) is 362 cm³/mol. The standard InChI is InChI=1S/C77H130O6/c1-4-7-10-13-16-19-22-25-27-29-31-33-35-37-38-40-41-43-45-47-49-52-55-58-61-64-67-70-76(79)82-73-74(72-81-75(78)69-66-63-60-57-54-51-24-21-18-15-12-9-6-3)83-77(80)71-68-65-62-59-56-53-50-48-46-44-42-39-36-34-32-30-28-26-23-20-17-14-11-8-5-2/h7-8,10-12,15-17,19-21,24-28,31-34,74H,4-6,9,13-14,18,22-23,29-30,35-73H2,1-3H3/b10-7-,11-8-,15-12-,19-16-,20-17-,24-21-,27-25-,28-26-,33-31-,34-32-. The molecule has 0 aromatic carbocycles. The molecule has 0 spiro atoms. The van der Waals surface area contributed by atoms with Gasteiger partial charge in [0.2, 0.25) is 0 Å². The van der Waals surface area contributed by atoms with Gasteiger partial charge >= 0.3 is 17.9 Å². The molecular formula is C77H130O6. The third kappa shape index (κ3) is 68.5. The maximum atomic E-state index is 13.0. The van der Waals surface area contributed by atoms with E-state index in [9.17, 15) is 14.4 Å². The Morgan fingerprint density at radius 3 is 0.735 bits per heavy atom. The minimum absolute atomic E-state index is 0.0833. The zero-order valence-corrected chi connectivity index (χ0v) is 54.4. The zero-order chi connectivity index (χ0) is 59.9. The first kappa shape index (κ1) is 78.8. The van der Waals surface area contributed by atoms with Crippen LogP contribution in [0.15, 0.2) is 122 Å². The summed E-state index contributed by atoms with van der Waals surface area (Å²) in [6.07, 6.45) is 97.9. The van der Waals surface area contributed by atoms with E-state index in [0.717, 1.165) is 141 Å². The SMILES string of the molecule is CC/C=C\C/C=C\C/C=C\C/C=C\CCCCCCCCCCCCCCCCC(=O)OCC(COC(=O)CCCCCCC/C=C\C/C=C\CCC)OC(=O)CCCCCCCCCCCCCC/C=C\C/C=C\C/C=C\C/C=C\CC. The average Bonchev–Trinajstić information content (AvgIpc) is 3.49. The average molecular weight is 1150 g/mol. The van der Waals surface area contributed by atoms with Crippen molar-refractivity contribution in [3.05, 3.63) is 122 Å². The number of ether oxygens (including phenoxy) is 3. The smallest absolute Gasteiger partial charge is 0.306 e. The highest BCUT2D eigenvalue weighted by Crippen LogP contribution is 2.17. The van der Waals surface area contributed by atoms with Crippen molar-refractivity contribution in [1.29, 1.82) is 0 Å². The Balaban J connectivity index is 4.28. The molecule has 0 aliphatic rings. The molecule has 0 amide bonds. The lowest BCUT2D eigenvalue weighted by atomic mass is 10.0. The molecule has 0 aromatic rings. The normalized spacial score (nSPS) is 12.9. The van der Waals surface area contributed by atoms with Crippen molar-refractivity contribution in [3.63, 3.8) is 0 Å². The molecule has 0 rings (SSSR count). The topological polar surface area (TPSA) is 78.9 Å². The van der Waals surface area contributed by atoms with Crippen molar-refractivity contribution >= 4 is 17.9 Å². The maximum Gasteiger partial charge on any atom is 0.306 e. The molecule has 474 valence electrons. The van der Waals surface area contributed by atoms with Crippen LogP contribution in [-0.2, 0) is 28.6 Å². The van der Waals surface area contributed by atoms with Gasteiger partial charge in [-0.15, -0.1) is 0 Å². The van der Waals surface area contributed by atoms with Crippen LogP contribution in [-0.4, -0.2) is 37.2 Å². The Hall–Kier alpha value is -4.19. The zero-order valence-electron chi connectivity index (χ0n) is 54.4. The molecule has 0 N–H and O–H groups in total. The fourth-order valence-corrected chi connectivity index (χ4v) is 9.76. The number of unbranched alkanes of at least 4 members (excludes halogenated alkanes) is 32. The van der Waals surface area contributed by atoms with Crippen molar-refractivity contribution in [2.45, 2.75) is 335 Å². The summed E-state index contributed by atoms with van der Waals surface area (Å²) < 4.78 is 17.0. The van der Waals surface area contributed by atoms with E-state index in [-0.39, 0.29) is 31.1 Å². The lowest BCUT2D eigenvalue weighted by Crippen LogP contribution is -2.30. The van der Waals surface area contributed by atoms with Gasteiger partial charge in [0, 0.05) is 19.3 Å². The quantitative estimate of drug-likeness (QED) is 0.0261. The summed E-state index contributed by atoms with van der Waals surface area (Å²) in [6.45, 7) is 6.37. The molecule has 6 nitrogen and oxygen atoms in total. The highest BCUT2D eigenvalue weighted by atomic mass is 16.6. The van der Waals surface area contributed by atoms with E-state index >= 15 is 0 Å². The molecule has 83 heavy (non-hydrogen) atoms. The van der Waals surface area contributed by atoms with Crippen LogP contribution >= 0.6 is 0 Å². The number of hydrogen-bond acceptors (Lipinski definition) is 6. The largest absolute Gasteiger partial charge is 0.462 e. The molecule has 1 atom stereocenters. The number of carbonyl (C=O) groups excluding carboxylic acids is 3. The monoisotopic (exact) mass is 1150 g/mol. The fraction of sp³-hybridized carbons (Fsp3) is 0.701. The number of esters is 3. The van der Waals surface area contributed by atoms with Gasteiger partial charge in [0.15, 0.2) is 6.10 Å². The fourth-order valence-electron chi connectivity index (χ4n) is 9.76. The van der Waals surface area contributed by atoms with Crippen LogP contribution in [0.5, 0.6) is 0 Å². The molecule has 0 heterocycles. The van der Waals surface area contributed by atoms with Gasteiger partial charge in [0.1, 0.15) is 13.2 Å². The lowest BCUT2D eigenvalue weighted by molar-refractivity contribution is -0.167. The highest BCUT2D eigenvalue weighted by Gasteiger charge is 2.19. The van der Waals surface area contributed by atoms with Crippen LogP contribution in [0.3, 0.4) is 0 Å². The predicted octanol–water partition coefficient (Wildman–Crippen LogP) is 24.3. The number of carbonyl (C=O) groups is 3. The molecule has 0 bridgehead atoms. The lowest BCUT2D eigenvalue weighted by Gasteiger charge is -2.18. The summed E-state index contributed by atoms with van der Waals surface area (Å²) in [5, 5.41) is 0. The van der Waals surface area contributed by atoms with Crippen molar-refractivity contribution in [2.75, 3.05) is 13.2 Å². The van der Waals surface area contributed by atoms with Gasteiger partial charge in [-0.1, -0.05) is 309 Å². The second-order valence-electron chi connectivity index (χ2n) is 23.0. The first-order valence-electron chi connectivity index (χ1n) is 35.0. The first-order chi connectivity index (χ1) is 41.0. The minimum atomic E-state index is -0.789. The summed E-state index contributed by atoms with van der Waals surface area (Å²) in [5.74, 6) is -0.889. The molecular weight excluding hydrogens is 1020 g/mol. The third-order valence-electron chi connectivity index (χ3n) is 14.9. The van der Waals surface area contributed by atoms with Crippen LogP contribution in [0.25, 0.3) is 0 Å². The van der Waals surface area contributed by atoms with Gasteiger partial charge < -0.3 is 14.2 Å². The van der Waals surface area contributed by atoms with Crippen LogP contribution in [0.2, 0.25) is 0 Å². The summed E-state index contributed by atoms with van der Waals surface area (Å²) in [4.78, 5) is 38.4. The molecule has 0 aromatic heterocycles. The second kappa shape index (κ2) is 70.3. The maximum absolute atomic E-state index is 13.0. The summed E-state index contributed by atoms with van der Waals surface area (Å²) in [6, 6.07) is 0. The van der Waals surface area contributed by atoms with Gasteiger partial charge in [-0.2, -0.15) is 0 Å². The van der Waals surface area contributed by atoms with Crippen molar-refractivity contribution < 1.29 is 28.6 Å². The Kier molecular flexibility index (Phi) is 66.7. The van der Waals surface area contributed by atoms with Crippen molar-refractivity contribution in [2.24, 2.45) is 0 Å². The molecule has 0 aliphatic carbocycles. The molecule has 0 saturated heterocycles. The number of rotatable bonds is 63. The van der Waals surface area contributed by atoms with E-state index in [2.05, 4.69) is 142 Å². The van der Waals surface area contributed by atoms with Gasteiger partial charge in [0.05, 0.1) is 0 Å². The molecule has 0 fully saturated rings. The molecule has 1 unspecified atom stereocenters. The third-order valence-corrected chi connectivity index (χ3v) is 14.9. The number of hydrogen-bond donors (Lipinski definition) is 0. The summed E-state index contributed by atoms with van der Waals surface area (Å²) in [7, 11) is 0. The Morgan fingerprint density at radius 1 is 0.253 bits per heavy atom. The van der Waals surface area contributed by atoms with E-state index in [1.807, 2.05) is 0 Å². The van der Waals surface area contributed by atoms with Gasteiger partial charge in [0.25, 0.3) is 0 Å². The highest BCUT2D eigenvalue weighted by molar-refractivity contribution is 5.71. The Morgan fingerprint density at radius 2 is 0.470 bits per heavy atom. The van der Waals surface area contributed by atoms with E-state index in [4.69, 9.17) is 14.2 Å². The van der Waals surface area contributed by atoms with Gasteiger partial charge in [-0.25, -0.2) is 0 Å². The van der Waals surface area contributed by atoms with Gasteiger partial charge in [-0.3, -0.25) is 14.4 Å². The van der Waals surface area contributed by atoms with E-state index < -0.39 is 6.10 Å². The van der Waals surface area contributed by atoms with Crippen LogP contribution < -0.4 is 0 Å². The molecule has 0 saturated carbocycles. The van der Waals surface area contributed by atoms with E-state index in [0.29, 0.717) is 19.3 Å².